The minimum Gasteiger partial charge on any atom is -0.478 e. The molecule has 0 saturated carbocycles. The molecular weight excluding hydrogens is 385 g/mol. The Morgan fingerprint density at radius 3 is 2.70 bits per heavy atom. The van der Waals surface area contributed by atoms with Crippen LogP contribution in [-0.2, 0) is 11.3 Å². The third-order valence-electron chi connectivity index (χ3n) is 5.00. The number of hydrogen-bond donors (Lipinski definition) is 2. The summed E-state index contributed by atoms with van der Waals surface area (Å²) < 4.78 is 24.5. The predicted molar refractivity (Wildman–Crippen MR) is 115 cm³/mol. The lowest BCUT2D eigenvalue weighted by Gasteiger charge is -2.35. The summed E-state index contributed by atoms with van der Waals surface area (Å²) in [7, 11) is 1.74. The Bertz CT molecular complexity index is 809. The van der Waals surface area contributed by atoms with E-state index in [1.54, 1.807) is 13.2 Å². The van der Waals surface area contributed by atoms with Crippen molar-refractivity contribution in [2.45, 2.75) is 19.5 Å². The van der Waals surface area contributed by atoms with Gasteiger partial charge in [-0.25, -0.2) is 9.37 Å². The van der Waals surface area contributed by atoms with E-state index in [2.05, 4.69) is 25.5 Å². The molecule has 0 amide bonds. The Kier molecular flexibility index (Phi) is 8.41. The number of hydrogen-bond acceptors (Lipinski definition) is 5. The second-order valence-electron chi connectivity index (χ2n) is 6.92. The molecular formula is C22H30FN5O2. The van der Waals surface area contributed by atoms with Crippen LogP contribution in [0.1, 0.15) is 24.1 Å². The summed E-state index contributed by atoms with van der Waals surface area (Å²) in [6.45, 7) is 6.76. The number of halogens is 1. The minimum atomic E-state index is -0.230. The quantitative estimate of drug-likeness (QED) is 0.510. The van der Waals surface area contributed by atoms with Crippen LogP contribution < -0.4 is 15.4 Å². The van der Waals surface area contributed by atoms with Crippen molar-refractivity contribution in [3.8, 4) is 5.88 Å². The van der Waals surface area contributed by atoms with Crippen LogP contribution in [0.15, 0.2) is 47.6 Å². The number of guanidine groups is 1. The van der Waals surface area contributed by atoms with Crippen LogP contribution >= 0.6 is 0 Å². The van der Waals surface area contributed by atoms with E-state index in [9.17, 15) is 4.39 Å². The fourth-order valence-electron chi connectivity index (χ4n) is 3.45. The first-order valence-electron chi connectivity index (χ1n) is 10.3. The highest BCUT2D eigenvalue weighted by molar-refractivity contribution is 5.79. The van der Waals surface area contributed by atoms with E-state index in [0.29, 0.717) is 44.7 Å². The molecule has 1 fully saturated rings. The molecule has 0 bridgehead atoms. The Labute approximate surface area is 177 Å². The van der Waals surface area contributed by atoms with Gasteiger partial charge in [-0.3, -0.25) is 9.89 Å². The van der Waals surface area contributed by atoms with Crippen molar-refractivity contribution in [3.05, 3.63) is 59.5 Å². The number of benzene rings is 1. The van der Waals surface area contributed by atoms with Gasteiger partial charge in [-0.1, -0.05) is 18.2 Å². The van der Waals surface area contributed by atoms with Gasteiger partial charge >= 0.3 is 0 Å². The zero-order chi connectivity index (χ0) is 21.2. The normalized spacial score (nSPS) is 16.2. The van der Waals surface area contributed by atoms with Gasteiger partial charge in [-0.2, -0.15) is 0 Å². The van der Waals surface area contributed by atoms with Crippen LogP contribution in [0.4, 0.5) is 4.39 Å². The van der Waals surface area contributed by atoms with Gasteiger partial charge in [0.15, 0.2) is 5.96 Å². The number of aliphatic imine (C=N–C) groups is 1. The Morgan fingerprint density at radius 1 is 1.23 bits per heavy atom. The van der Waals surface area contributed by atoms with Gasteiger partial charge < -0.3 is 20.1 Å². The van der Waals surface area contributed by atoms with Gasteiger partial charge in [0.2, 0.25) is 5.88 Å². The third kappa shape index (κ3) is 6.14. The Morgan fingerprint density at radius 2 is 2.00 bits per heavy atom. The minimum absolute atomic E-state index is 0.0884. The molecule has 0 aliphatic carbocycles. The van der Waals surface area contributed by atoms with Crippen molar-refractivity contribution in [2.75, 3.05) is 46.5 Å². The van der Waals surface area contributed by atoms with E-state index in [-0.39, 0.29) is 11.9 Å². The summed E-state index contributed by atoms with van der Waals surface area (Å²) in [6, 6.07) is 10.7. The lowest BCUT2D eigenvalue weighted by Crippen LogP contribution is -2.46. The monoisotopic (exact) mass is 415 g/mol. The molecule has 1 aliphatic heterocycles. The summed E-state index contributed by atoms with van der Waals surface area (Å²) in [5.74, 6) is 1.08. The van der Waals surface area contributed by atoms with Crippen LogP contribution in [0.2, 0.25) is 0 Å². The molecule has 1 unspecified atom stereocenters. The standard InChI is InChI=1S/C22H30FN5O2/c1-3-30-21-18(5-4-10-25-21)15-26-22(24-2)27-16-20(28-11-13-29-14-12-28)17-6-8-19(23)9-7-17/h4-10,20H,3,11-16H2,1-2H3,(H2,24,26,27). The second kappa shape index (κ2) is 11.5. The smallest absolute Gasteiger partial charge is 0.218 e. The molecule has 2 heterocycles. The number of nitrogens with zero attached hydrogens (tertiary/aromatic N) is 3. The Hall–Kier alpha value is -2.71. The van der Waals surface area contributed by atoms with E-state index in [1.807, 2.05) is 31.2 Å². The summed E-state index contributed by atoms with van der Waals surface area (Å²) in [6.07, 6.45) is 1.72. The zero-order valence-corrected chi connectivity index (χ0v) is 17.6. The van der Waals surface area contributed by atoms with E-state index >= 15 is 0 Å². The van der Waals surface area contributed by atoms with Crippen molar-refractivity contribution in [2.24, 2.45) is 4.99 Å². The largest absolute Gasteiger partial charge is 0.478 e. The van der Waals surface area contributed by atoms with Crippen molar-refractivity contribution >= 4 is 5.96 Å². The molecule has 8 heteroatoms. The van der Waals surface area contributed by atoms with Gasteiger partial charge in [0.1, 0.15) is 5.82 Å². The van der Waals surface area contributed by atoms with Crippen LogP contribution in [0, 0.1) is 5.82 Å². The molecule has 1 aromatic heterocycles. The topological polar surface area (TPSA) is 71.0 Å². The Balaban J connectivity index is 1.63. The number of rotatable bonds is 8. The molecule has 0 spiro atoms. The van der Waals surface area contributed by atoms with Gasteiger partial charge in [0, 0.05) is 45.0 Å². The first-order valence-corrected chi connectivity index (χ1v) is 10.3. The summed E-state index contributed by atoms with van der Waals surface area (Å²) >= 11 is 0. The second-order valence-corrected chi connectivity index (χ2v) is 6.92. The average Bonchev–Trinajstić information content (AvgIpc) is 2.79. The number of aromatic nitrogens is 1. The molecule has 1 saturated heterocycles. The maximum absolute atomic E-state index is 13.4. The lowest BCUT2D eigenvalue weighted by atomic mass is 10.0. The number of pyridine rings is 1. The van der Waals surface area contributed by atoms with Crippen molar-refractivity contribution in [1.82, 2.24) is 20.5 Å². The average molecular weight is 416 g/mol. The summed E-state index contributed by atoms with van der Waals surface area (Å²) in [5.41, 5.74) is 2.03. The first-order chi connectivity index (χ1) is 14.7. The highest BCUT2D eigenvalue weighted by Crippen LogP contribution is 2.21. The molecule has 162 valence electrons. The molecule has 30 heavy (non-hydrogen) atoms. The van der Waals surface area contributed by atoms with Crippen molar-refractivity contribution in [1.29, 1.82) is 0 Å². The molecule has 1 aliphatic rings. The molecule has 2 aromatic rings. The van der Waals surface area contributed by atoms with E-state index < -0.39 is 0 Å². The van der Waals surface area contributed by atoms with E-state index in [1.165, 1.54) is 12.1 Å². The molecule has 3 rings (SSSR count). The number of morpholine rings is 1. The molecule has 1 atom stereocenters. The lowest BCUT2D eigenvalue weighted by molar-refractivity contribution is 0.0170. The van der Waals surface area contributed by atoms with Crippen LogP contribution in [-0.4, -0.2) is 62.3 Å². The van der Waals surface area contributed by atoms with Crippen LogP contribution in [0.5, 0.6) is 5.88 Å². The number of nitrogens with one attached hydrogen (secondary N) is 2. The third-order valence-corrected chi connectivity index (χ3v) is 5.00. The zero-order valence-electron chi connectivity index (χ0n) is 17.6. The predicted octanol–water partition coefficient (Wildman–Crippen LogP) is 2.36. The van der Waals surface area contributed by atoms with Crippen LogP contribution in [0.3, 0.4) is 0 Å². The van der Waals surface area contributed by atoms with E-state index in [0.717, 1.165) is 24.2 Å². The highest BCUT2D eigenvalue weighted by Gasteiger charge is 2.23. The van der Waals surface area contributed by atoms with Gasteiger partial charge in [0.25, 0.3) is 0 Å². The van der Waals surface area contributed by atoms with Crippen LogP contribution in [0.25, 0.3) is 0 Å². The molecule has 1 aromatic carbocycles. The maximum Gasteiger partial charge on any atom is 0.218 e. The summed E-state index contributed by atoms with van der Waals surface area (Å²) in [4.78, 5) is 11.0. The fraction of sp³-hybridized carbons (Fsp3) is 0.455. The van der Waals surface area contributed by atoms with Gasteiger partial charge in [0.05, 0.1) is 25.9 Å². The molecule has 2 N–H and O–H groups in total. The van der Waals surface area contributed by atoms with E-state index in [4.69, 9.17) is 9.47 Å². The highest BCUT2D eigenvalue weighted by atomic mass is 19.1. The van der Waals surface area contributed by atoms with Gasteiger partial charge in [-0.05, 0) is 30.7 Å². The molecule has 0 radical (unpaired) electrons. The SMILES string of the molecule is CCOc1ncccc1CNC(=NC)NCC(c1ccc(F)cc1)N1CCOCC1. The first kappa shape index (κ1) is 22.0. The van der Waals surface area contributed by atoms with Gasteiger partial charge in [-0.15, -0.1) is 0 Å². The maximum atomic E-state index is 13.4. The molecule has 7 nitrogen and oxygen atoms in total. The van der Waals surface area contributed by atoms with Crippen molar-refractivity contribution in [3.63, 3.8) is 0 Å². The van der Waals surface area contributed by atoms with Crippen molar-refractivity contribution < 1.29 is 13.9 Å². The fourth-order valence-corrected chi connectivity index (χ4v) is 3.45. The number of ether oxygens (including phenoxy) is 2. The summed E-state index contributed by atoms with van der Waals surface area (Å²) in [5, 5.41) is 6.72.